The summed E-state index contributed by atoms with van der Waals surface area (Å²) in [6, 6.07) is 4.83. The van der Waals surface area contributed by atoms with Crippen LogP contribution in [0, 0.1) is 11.7 Å². The Morgan fingerprint density at radius 3 is 3.00 bits per heavy atom. The van der Waals surface area contributed by atoms with E-state index in [0.717, 1.165) is 37.2 Å². The first kappa shape index (κ1) is 14.3. The average molecular weight is 265 g/mol. The Labute approximate surface area is 115 Å². The van der Waals surface area contributed by atoms with Gasteiger partial charge in [0.05, 0.1) is 0 Å². The largest absolute Gasteiger partial charge is 0.490 e. The Balaban J connectivity index is 1.90. The molecule has 1 aromatic rings. The van der Waals surface area contributed by atoms with Crippen molar-refractivity contribution in [3.63, 3.8) is 0 Å². The predicted octanol–water partition coefficient (Wildman–Crippen LogP) is 3.55. The molecule has 2 rings (SSSR count). The molecule has 0 aromatic heterocycles. The van der Waals surface area contributed by atoms with Crippen LogP contribution in [0.4, 0.5) is 4.39 Å². The van der Waals surface area contributed by atoms with Gasteiger partial charge in [-0.1, -0.05) is 20.3 Å². The molecule has 3 heteroatoms. The van der Waals surface area contributed by atoms with Crippen molar-refractivity contribution in [2.24, 2.45) is 5.92 Å². The number of ether oxygens (including phenoxy) is 1. The molecular formula is C16H24FNO. The van der Waals surface area contributed by atoms with Crippen LogP contribution < -0.4 is 10.1 Å². The predicted molar refractivity (Wildman–Crippen MR) is 76.1 cm³/mol. The zero-order chi connectivity index (χ0) is 13.7. The highest BCUT2D eigenvalue weighted by Gasteiger charge is 2.25. The van der Waals surface area contributed by atoms with Crippen molar-refractivity contribution >= 4 is 0 Å². The minimum atomic E-state index is -0.166. The maximum atomic E-state index is 13.2. The van der Waals surface area contributed by atoms with Crippen LogP contribution in [0.3, 0.4) is 0 Å². The standard InChI is InChI=1S/C16H24FNO/c1-3-5-12(11-18-4-2)8-15-10-13-9-14(17)6-7-16(13)19-15/h6-7,9,12,15,18H,3-5,8,10-11H2,1-2H3. The van der Waals surface area contributed by atoms with Crippen LogP contribution in [0.2, 0.25) is 0 Å². The van der Waals surface area contributed by atoms with Gasteiger partial charge in [-0.2, -0.15) is 0 Å². The van der Waals surface area contributed by atoms with E-state index in [-0.39, 0.29) is 11.9 Å². The van der Waals surface area contributed by atoms with Gasteiger partial charge >= 0.3 is 0 Å². The van der Waals surface area contributed by atoms with E-state index in [1.165, 1.54) is 18.9 Å². The molecule has 1 aliphatic heterocycles. The van der Waals surface area contributed by atoms with Crippen LogP contribution >= 0.6 is 0 Å². The van der Waals surface area contributed by atoms with Gasteiger partial charge in [0.2, 0.25) is 0 Å². The van der Waals surface area contributed by atoms with E-state index >= 15 is 0 Å². The normalized spacial score (nSPS) is 19.0. The second-order valence-corrected chi connectivity index (χ2v) is 5.39. The van der Waals surface area contributed by atoms with Gasteiger partial charge in [0, 0.05) is 12.0 Å². The number of fused-ring (bicyclic) bond motifs is 1. The van der Waals surface area contributed by atoms with E-state index in [1.807, 2.05) is 0 Å². The molecule has 0 saturated carbocycles. The lowest BCUT2D eigenvalue weighted by molar-refractivity contribution is 0.188. The van der Waals surface area contributed by atoms with Crippen molar-refractivity contribution in [1.29, 1.82) is 0 Å². The number of hydrogen-bond acceptors (Lipinski definition) is 2. The fraction of sp³-hybridized carbons (Fsp3) is 0.625. The van der Waals surface area contributed by atoms with E-state index in [1.54, 1.807) is 12.1 Å². The van der Waals surface area contributed by atoms with E-state index in [2.05, 4.69) is 19.2 Å². The lowest BCUT2D eigenvalue weighted by atomic mass is 9.94. The van der Waals surface area contributed by atoms with Gasteiger partial charge in [-0.3, -0.25) is 0 Å². The van der Waals surface area contributed by atoms with E-state index in [9.17, 15) is 4.39 Å². The number of benzene rings is 1. The number of halogens is 1. The molecule has 1 N–H and O–H groups in total. The summed E-state index contributed by atoms with van der Waals surface area (Å²) in [5, 5.41) is 3.42. The molecular weight excluding hydrogens is 241 g/mol. The maximum Gasteiger partial charge on any atom is 0.123 e. The third kappa shape index (κ3) is 3.93. The first-order valence-electron chi connectivity index (χ1n) is 7.38. The smallest absolute Gasteiger partial charge is 0.123 e. The molecule has 1 aliphatic rings. The molecule has 2 nitrogen and oxygen atoms in total. The summed E-state index contributed by atoms with van der Waals surface area (Å²) >= 11 is 0. The molecule has 0 amide bonds. The molecule has 0 spiro atoms. The van der Waals surface area contributed by atoms with Gasteiger partial charge in [0.1, 0.15) is 17.7 Å². The molecule has 0 bridgehead atoms. The van der Waals surface area contributed by atoms with Crippen molar-refractivity contribution in [2.75, 3.05) is 13.1 Å². The highest BCUT2D eigenvalue weighted by atomic mass is 19.1. The van der Waals surface area contributed by atoms with Gasteiger partial charge in [-0.15, -0.1) is 0 Å². The molecule has 1 heterocycles. The summed E-state index contributed by atoms with van der Waals surface area (Å²) in [6.07, 6.45) is 4.53. The number of hydrogen-bond donors (Lipinski definition) is 1. The summed E-state index contributed by atoms with van der Waals surface area (Å²) in [7, 11) is 0. The fourth-order valence-corrected chi connectivity index (χ4v) is 2.85. The zero-order valence-electron chi connectivity index (χ0n) is 11.9. The van der Waals surface area contributed by atoms with Crippen molar-refractivity contribution in [3.8, 4) is 5.75 Å². The first-order chi connectivity index (χ1) is 9.22. The zero-order valence-corrected chi connectivity index (χ0v) is 11.9. The number of rotatable bonds is 7. The third-order valence-electron chi connectivity index (χ3n) is 3.74. The summed E-state index contributed by atoms with van der Waals surface area (Å²) in [5.41, 5.74) is 1.02. The van der Waals surface area contributed by atoms with Crippen LogP contribution in [0.5, 0.6) is 5.75 Å². The Kier molecular flexibility index (Phi) is 5.20. The highest BCUT2D eigenvalue weighted by molar-refractivity contribution is 5.37. The Morgan fingerprint density at radius 1 is 1.42 bits per heavy atom. The van der Waals surface area contributed by atoms with Crippen LogP contribution in [0.15, 0.2) is 18.2 Å². The molecule has 0 fully saturated rings. The second-order valence-electron chi connectivity index (χ2n) is 5.39. The molecule has 0 saturated heterocycles. The summed E-state index contributed by atoms with van der Waals surface area (Å²) < 4.78 is 19.1. The average Bonchev–Trinajstić information content (AvgIpc) is 2.77. The van der Waals surface area contributed by atoms with Crippen molar-refractivity contribution < 1.29 is 9.13 Å². The molecule has 19 heavy (non-hydrogen) atoms. The van der Waals surface area contributed by atoms with Gasteiger partial charge in [-0.25, -0.2) is 4.39 Å². The van der Waals surface area contributed by atoms with Crippen LogP contribution in [-0.4, -0.2) is 19.2 Å². The van der Waals surface area contributed by atoms with E-state index < -0.39 is 0 Å². The summed E-state index contributed by atoms with van der Waals surface area (Å²) in [6.45, 7) is 6.42. The van der Waals surface area contributed by atoms with Crippen LogP contribution in [-0.2, 0) is 6.42 Å². The summed E-state index contributed by atoms with van der Waals surface area (Å²) in [5.74, 6) is 1.35. The molecule has 0 radical (unpaired) electrons. The second kappa shape index (κ2) is 6.90. The Hall–Kier alpha value is -1.09. The highest BCUT2D eigenvalue weighted by Crippen LogP contribution is 2.32. The van der Waals surface area contributed by atoms with Gasteiger partial charge in [-0.05, 0) is 50.0 Å². The lowest BCUT2D eigenvalue weighted by Gasteiger charge is -2.20. The van der Waals surface area contributed by atoms with Crippen LogP contribution in [0.25, 0.3) is 0 Å². The molecule has 2 atom stereocenters. The van der Waals surface area contributed by atoms with Crippen molar-refractivity contribution in [2.45, 2.75) is 45.6 Å². The summed E-state index contributed by atoms with van der Waals surface area (Å²) in [4.78, 5) is 0. The third-order valence-corrected chi connectivity index (χ3v) is 3.74. The molecule has 1 aromatic carbocycles. The van der Waals surface area contributed by atoms with Gasteiger partial charge in [0.15, 0.2) is 0 Å². The van der Waals surface area contributed by atoms with E-state index in [4.69, 9.17) is 4.74 Å². The Bertz CT molecular complexity index is 408. The van der Waals surface area contributed by atoms with Crippen molar-refractivity contribution in [1.82, 2.24) is 5.32 Å². The SMILES string of the molecule is CCCC(CNCC)CC1Cc2cc(F)ccc2O1. The Morgan fingerprint density at radius 2 is 2.26 bits per heavy atom. The van der Waals surface area contributed by atoms with Crippen molar-refractivity contribution in [3.05, 3.63) is 29.6 Å². The number of nitrogens with one attached hydrogen (secondary N) is 1. The first-order valence-corrected chi connectivity index (χ1v) is 7.38. The fourth-order valence-electron chi connectivity index (χ4n) is 2.85. The van der Waals surface area contributed by atoms with Gasteiger partial charge in [0.25, 0.3) is 0 Å². The minimum Gasteiger partial charge on any atom is -0.490 e. The molecule has 0 aliphatic carbocycles. The quantitative estimate of drug-likeness (QED) is 0.814. The molecule has 2 unspecified atom stereocenters. The topological polar surface area (TPSA) is 21.3 Å². The van der Waals surface area contributed by atoms with E-state index in [0.29, 0.717) is 5.92 Å². The molecule has 106 valence electrons. The van der Waals surface area contributed by atoms with Gasteiger partial charge < -0.3 is 10.1 Å². The maximum absolute atomic E-state index is 13.2. The van der Waals surface area contributed by atoms with Crippen LogP contribution in [0.1, 0.15) is 38.7 Å². The minimum absolute atomic E-state index is 0.166. The lowest BCUT2D eigenvalue weighted by Crippen LogP contribution is -2.27. The monoisotopic (exact) mass is 265 g/mol.